The predicted octanol–water partition coefficient (Wildman–Crippen LogP) is 0.0781. The number of aliphatic hydroxyl groups is 1. The molecule has 0 aromatic carbocycles. The summed E-state index contributed by atoms with van der Waals surface area (Å²) in [5, 5.41) is 17.2. The Morgan fingerprint density at radius 2 is 2.25 bits per heavy atom. The van der Waals surface area contributed by atoms with E-state index in [1.807, 2.05) is 0 Å². The van der Waals surface area contributed by atoms with Gasteiger partial charge in [-0.15, -0.1) is 16.8 Å². The number of amides is 2. The highest BCUT2D eigenvalue weighted by Crippen LogP contribution is 2.28. The molecule has 1 atom stereocenters. The van der Waals surface area contributed by atoms with Crippen molar-refractivity contribution in [2.75, 3.05) is 24.2 Å². The van der Waals surface area contributed by atoms with Crippen LogP contribution in [0, 0.1) is 0 Å². The van der Waals surface area contributed by atoms with Crippen molar-refractivity contribution in [1.82, 2.24) is 15.1 Å². The molecule has 0 spiro atoms. The van der Waals surface area contributed by atoms with Crippen molar-refractivity contribution < 1.29 is 18.3 Å². The number of rotatable bonds is 4. The molecule has 2 amide bonds. The largest absolute Gasteiger partial charge is 0.373 e. The summed E-state index contributed by atoms with van der Waals surface area (Å²) in [7, 11) is -3.48. The summed E-state index contributed by atoms with van der Waals surface area (Å²) in [6.45, 7) is 4.31. The van der Waals surface area contributed by atoms with Crippen molar-refractivity contribution >= 4 is 32.3 Å². The minimum absolute atomic E-state index is 0.0664. The molecular formula is C10H14N4O4S2. The monoisotopic (exact) mass is 318 g/mol. The first-order valence-corrected chi connectivity index (χ1v) is 8.46. The molecule has 1 aliphatic heterocycles. The van der Waals surface area contributed by atoms with E-state index in [-0.39, 0.29) is 9.47 Å². The number of hydrogen-bond acceptors (Lipinski definition) is 7. The van der Waals surface area contributed by atoms with Crippen LogP contribution < -0.4 is 4.90 Å². The zero-order valence-electron chi connectivity index (χ0n) is 10.8. The molecule has 8 nitrogen and oxygen atoms in total. The molecule has 2 rings (SSSR count). The van der Waals surface area contributed by atoms with Crippen LogP contribution in [-0.2, 0) is 9.84 Å². The molecule has 110 valence electrons. The summed E-state index contributed by atoms with van der Waals surface area (Å²) in [6, 6.07) is -0.445. The highest BCUT2D eigenvalue weighted by molar-refractivity contribution is 7.92. The number of hydrogen-bond donors (Lipinski definition) is 1. The van der Waals surface area contributed by atoms with Gasteiger partial charge in [0.2, 0.25) is 19.3 Å². The van der Waals surface area contributed by atoms with Gasteiger partial charge in [0, 0.05) is 25.8 Å². The SMILES string of the molecule is C=CCN1CCC(O)N(c2nnc(S(C)(=O)=O)s2)C1=O. The fourth-order valence-electron chi connectivity index (χ4n) is 1.76. The predicted molar refractivity (Wildman–Crippen MR) is 73.3 cm³/mol. The number of sulfone groups is 1. The lowest BCUT2D eigenvalue weighted by molar-refractivity contribution is 0.112. The standard InChI is InChI=1S/C10H14N4O4S2/c1-3-5-13-6-4-7(15)14(10(13)16)8-11-12-9(19-8)20(2,17)18/h3,7,15H,1,4-6H2,2H3. The topological polar surface area (TPSA) is 104 Å². The lowest BCUT2D eigenvalue weighted by Crippen LogP contribution is -2.54. The molecule has 20 heavy (non-hydrogen) atoms. The van der Waals surface area contributed by atoms with Crippen molar-refractivity contribution in [2.24, 2.45) is 0 Å². The van der Waals surface area contributed by atoms with Crippen molar-refractivity contribution in [3.8, 4) is 0 Å². The minimum atomic E-state index is -3.48. The van der Waals surface area contributed by atoms with Crippen LogP contribution in [-0.4, -0.2) is 60.2 Å². The number of nitrogens with zero attached hydrogens (tertiary/aromatic N) is 4. The number of carbonyl (C=O) groups is 1. The second-order valence-corrected chi connectivity index (χ2v) is 7.42. The number of urea groups is 1. The van der Waals surface area contributed by atoms with Gasteiger partial charge in [-0.1, -0.05) is 17.4 Å². The molecule has 10 heteroatoms. The van der Waals surface area contributed by atoms with Gasteiger partial charge in [-0.3, -0.25) is 0 Å². The average Bonchev–Trinajstić information content (AvgIpc) is 2.82. The van der Waals surface area contributed by atoms with Gasteiger partial charge in [-0.05, 0) is 0 Å². The molecule has 1 unspecified atom stereocenters. The van der Waals surface area contributed by atoms with E-state index < -0.39 is 22.1 Å². The second-order valence-electron chi connectivity index (χ2n) is 4.28. The van der Waals surface area contributed by atoms with Crippen molar-refractivity contribution in [2.45, 2.75) is 17.0 Å². The quantitative estimate of drug-likeness (QED) is 0.623. The first-order valence-electron chi connectivity index (χ1n) is 5.75. The first-order chi connectivity index (χ1) is 9.34. The van der Waals surface area contributed by atoms with Crippen LogP contribution >= 0.6 is 11.3 Å². The summed E-state index contributed by atoms with van der Waals surface area (Å²) in [5.74, 6) is 0. The normalized spacial score (nSPS) is 20.3. The van der Waals surface area contributed by atoms with Crippen molar-refractivity contribution in [3.05, 3.63) is 12.7 Å². The molecule has 1 aromatic heterocycles. The second kappa shape index (κ2) is 5.46. The summed E-state index contributed by atoms with van der Waals surface area (Å²) in [4.78, 5) is 14.8. The molecule has 0 aliphatic carbocycles. The van der Waals surface area contributed by atoms with Gasteiger partial charge < -0.3 is 10.0 Å². The van der Waals surface area contributed by atoms with Gasteiger partial charge in [-0.2, -0.15) is 0 Å². The van der Waals surface area contributed by atoms with Crippen LogP contribution in [0.5, 0.6) is 0 Å². The van der Waals surface area contributed by atoms with E-state index in [0.29, 0.717) is 19.5 Å². The molecule has 1 fully saturated rings. The Labute approximate surface area is 120 Å². The van der Waals surface area contributed by atoms with Gasteiger partial charge in [0.05, 0.1) is 0 Å². The molecule has 2 heterocycles. The Morgan fingerprint density at radius 1 is 1.55 bits per heavy atom. The Hall–Kier alpha value is -1.52. The third-order valence-electron chi connectivity index (χ3n) is 2.70. The number of aliphatic hydroxyl groups excluding tert-OH is 1. The Balaban J connectivity index is 2.31. The summed E-state index contributed by atoms with van der Waals surface area (Å²) in [6.07, 6.45) is 1.89. The fourth-order valence-corrected chi connectivity index (χ4v) is 3.40. The third-order valence-corrected chi connectivity index (χ3v) is 5.29. The van der Waals surface area contributed by atoms with E-state index in [0.717, 1.165) is 22.5 Å². The molecule has 0 saturated carbocycles. The Bertz CT molecular complexity index is 627. The maximum Gasteiger partial charge on any atom is 0.328 e. The van der Waals surface area contributed by atoms with E-state index in [1.165, 1.54) is 4.90 Å². The van der Waals surface area contributed by atoms with Gasteiger partial charge in [0.25, 0.3) is 0 Å². The molecule has 1 aromatic rings. The van der Waals surface area contributed by atoms with E-state index in [9.17, 15) is 18.3 Å². The Kier molecular flexibility index (Phi) is 4.06. The number of carbonyl (C=O) groups excluding carboxylic acids is 1. The summed E-state index contributed by atoms with van der Waals surface area (Å²) in [5.41, 5.74) is 0. The van der Waals surface area contributed by atoms with E-state index in [2.05, 4.69) is 16.8 Å². The lowest BCUT2D eigenvalue weighted by Gasteiger charge is -2.36. The highest BCUT2D eigenvalue weighted by Gasteiger charge is 2.35. The van der Waals surface area contributed by atoms with Crippen molar-refractivity contribution in [1.29, 1.82) is 0 Å². The van der Waals surface area contributed by atoms with E-state index in [1.54, 1.807) is 6.08 Å². The highest BCUT2D eigenvalue weighted by atomic mass is 32.2. The van der Waals surface area contributed by atoms with Gasteiger partial charge in [0.15, 0.2) is 0 Å². The molecule has 1 aliphatic rings. The summed E-state index contributed by atoms with van der Waals surface area (Å²) < 4.78 is 22.6. The van der Waals surface area contributed by atoms with Gasteiger partial charge >= 0.3 is 6.03 Å². The van der Waals surface area contributed by atoms with Crippen LogP contribution in [0.1, 0.15) is 6.42 Å². The molecular weight excluding hydrogens is 304 g/mol. The van der Waals surface area contributed by atoms with E-state index >= 15 is 0 Å². The van der Waals surface area contributed by atoms with Gasteiger partial charge in [0.1, 0.15) is 6.23 Å². The van der Waals surface area contributed by atoms with E-state index in [4.69, 9.17) is 0 Å². The third kappa shape index (κ3) is 2.81. The number of anilines is 1. The van der Waals surface area contributed by atoms with Crippen LogP contribution in [0.2, 0.25) is 0 Å². The zero-order chi connectivity index (χ0) is 14.9. The molecule has 0 bridgehead atoms. The summed E-state index contributed by atoms with van der Waals surface area (Å²) >= 11 is 0.756. The maximum atomic E-state index is 12.2. The average molecular weight is 318 g/mol. The zero-order valence-corrected chi connectivity index (χ0v) is 12.4. The lowest BCUT2D eigenvalue weighted by atomic mass is 10.2. The van der Waals surface area contributed by atoms with Crippen LogP contribution in [0.3, 0.4) is 0 Å². The molecule has 1 saturated heterocycles. The molecule has 0 radical (unpaired) electrons. The number of aromatic nitrogens is 2. The minimum Gasteiger partial charge on any atom is -0.373 e. The fraction of sp³-hybridized carbons (Fsp3) is 0.500. The smallest absolute Gasteiger partial charge is 0.328 e. The first kappa shape index (κ1) is 14.9. The van der Waals surface area contributed by atoms with Crippen LogP contribution in [0.15, 0.2) is 17.0 Å². The van der Waals surface area contributed by atoms with Gasteiger partial charge in [-0.25, -0.2) is 18.1 Å². The van der Waals surface area contributed by atoms with Crippen LogP contribution in [0.4, 0.5) is 9.93 Å². The Morgan fingerprint density at radius 3 is 2.80 bits per heavy atom. The maximum absolute atomic E-state index is 12.2. The van der Waals surface area contributed by atoms with Crippen LogP contribution in [0.25, 0.3) is 0 Å². The molecule has 1 N–H and O–H groups in total. The van der Waals surface area contributed by atoms with Crippen molar-refractivity contribution in [3.63, 3.8) is 0 Å².